The maximum absolute atomic E-state index is 13.0. The van der Waals surface area contributed by atoms with Gasteiger partial charge in [0.15, 0.2) is 0 Å². The van der Waals surface area contributed by atoms with E-state index >= 15 is 0 Å². The van der Waals surface area contributed by atoms with Crippen molar-refractivity contribution in [1.29, 1.82) is 0 Å². The van der Waals surface area contributed by atoms with Crippen LogP contribution in [0.15, 0.2) is 69.1 Å². The van der Waals surface area contributed by atoms with E-state index in [4.69, 9.17) is 9.15 Å². The summed E-state index contributed by atoms with van der Waals surface area (Å²) in [4.78, 5) is 16.1. The Balaban J connectivity index is 1.72. The summed E-state index contributed by atoms with van der Waals surface area (Å²) in [5.74, 6) is 1.10. The van der Waals surface area contributed by atoms with Crippen LogP contribution in [0.1, 0.15) is 28.8 Å². The Labute approximate surface area is 180 Å². The van der Waals surface area contributed by atoms with E-state index in [1.54, 1.807) is 56.3 Å². The highest BCUT2D eigenvalue weighted by Crippen LogP contribution is 2.27. The lowest BCUT2D eigenvalue weighted by Crippen LogP contribution is -2.30. The Kier molecular flexibility index (Phi) is 6.84. The van der Waals surface area contributed by atoms with Gasteiger partial charge in [0.2, 0.25) is 0 Å². The SMILES string of the molecule is CCN(c1ccccc1)S(=O)(=O)c1ccc(SCc2cc(C(=O)OC)c(C)o2)nc1. The number of thioether (sulfide) groups is 1. The summed E-state index contributed by atoms with van der Waals surface area (Å²) in [7, 11) is -2.39. The van der Waals surface area contributed by atoms with E-state index in [-0.39, 0.29) is 4.90 Å². The zero-order chi connectivity index (χ0) is 21.7. The Morgan fingerprint density at radius 1 is 1.20 bits per heavy atom. The van der Waals surface area contributed by atoms with Crippen molar-refractivity contribution < 1.29 is 22.4 Å². The number of carbonyl (C=O) groups is 1. The first-order chi connectivity index (χ1) is 14.4. The van der Waals surface area contributed by atoms with Gasteiger partial charge in [-0.1, -0.05) is 30.0 Å². The Morgan fingerprint density at radius 3 is 2.53 bits per heavy atom. The number of sulfonamides is 1. The summed E-state index contributed by atoms with van der Waals surface area (Å²) < 4.78 is 37.7. The molecule has 0 fully saturated rings. The molecule has 0 bridgehead atoms. The molecule has 2 aromatic heterocycles. The van der Waals surface area contributed by atoms with Crippen LogP contribution in [0.2, 0.25) is 0 Å². The lowest BCUT2D eigenvalue weighted by molar-refractivity contribution is 0.0599. The normalized spacial score (nSPS) is 11.3. The van der Waals surface area contributed by atoms with Crippen LogP contribution in [-0.2, 0) is 20.5 Å². The molecule has 0 spiro atoms. The fraction of sp³-hybridized carbons (Fsp3) is 0.238. The molecule has 30 heavy (non-hydrogen) atoms. The Bertz CT molecular complexity index is 1110. The van der Waals surface area contributed by atoms with Crippen molar-refractivity contribution in [2.45, 2.75) is 29.5 Å². The predicted octanol–water partition coefficient (Wildman–Crippen LogP) is 4.28. The molecule has 0 saturated heterocycles. The van der Waals surface area contributed by atoms with E-state index in [0.717, 1.165) is 0 Å². The molecule has 0 atom stereocenters. The van der Waals surface area contributed by atoms with E-state index in [9.17, 15) is 13.2 Å². The number of ether oxygens (including phenoxy) is 1. The summed E-state index contributed by atoms with van der Waals surface area (Å²) in [5.41, 5.74) is 0.996. The van der Waals surface area contributed by atoms with Crippen LogP contribution in [0.25, 0.3) is 0 Å². The zero-order valence-corrected chi connectivity index (χ0v) is 18.5. The van der Waals surface area contributed by atoms with Gasteiger partial charge < -0.3 is 9.15 Å². The van der Waals surface area contributed by atoms with Gasteiger partial charge in [-0.2, -0.15) is 0 Å². The molecule has 0 saturated carbocycles. The van der Waals surface area contributed by atoms with Crippen molar-refractivity contribution >= 4 is 33.4 Å². The van der Waals surface area contributed by atoms with Crippen molar-refractivity contribution in [3.05, 3.63) is 71.8 Å². The van der Waals surface area contributed by atoms with Gasteiger partial charge in [0.05, 0.1) is 23.6 Å². The summed E-state index contributed by atoms with van der Waals surface area (Å²) in [5, 5.41) is 0.644. The molecule has 3 aromatic rings. The highest BCUT2D eigenvalue weighted by Gasteiger charge is 2.24. The second-order valence-corrected chi connectivity index (χ2v) is 9.16. The molecule has 0 aliphatic carbocycles. The molecule has 0 N–H and O–H groups in total. The number of aromatic nitrogens is 1. The van der Waals surface area contributed by atoms with E-state index in [0.29, 0.717) is 40.1 Å². The summed E-state index contributed by atoms with van der Waals surface area (Å²) >= 11 is 1.38. The van der Waals surface area contributed by atoms with Gasteiger partial charge in [-0.05, 0) is 44.2 Å². The zero-order valence-electron chi connectivity index (χ0n) is 16.9. The van der Waals surface area contributed by atoms with Crippen LogP contribution in [0.3, 0.4) is 0 Å². The van der Waals surface area contributed by atoms with Crippen molar-refractivity contribution in [2.24, 2.45) is 0 Å². The molecule has 158 valence electrons. The second-order valence-electron chi connectivity index (χ2n) is 6.30. The maximum atomic E-state index is 13.0. The van der Waals surface area contributed by atoms with Crippen LogP contribution < -0.4 is 4.31 Å². The number of hydrogen-bond donors (Lipinski definition) is 0. The predicted molar refractivity (Wildman–Crippen MR) is 115 cm³/mol. The second kappa shape index (κ2) is 9.36. The first kappa shape index (κ1) is 21.9. The molecule has 1 aromatic carbocycles. The van der Waals surface area contributed by atoms with Crippen LogP contribution in [0.5, 0.6) is 0 Å². The standard InChI is InChI=1S/C21H22N2O5S2/c1-4-23(16-8-6-5-7-9-16)30(25,26)18-10-11-20(22-13-18)29-14-17-12-19(15(2)28-17)21(24)27-3/h5-13H,4,14H2,1-3H3. The molecule has 2 heterocycles. The van der Waals surface area contributed by atoms with Gasteiger partial charge in [-0.3, -0.25) is 4.31 Å². The number of esters is 1. The fourth-order valence-electron chi connectivity index (χ4n) is 2.89. The van der Waals surface area contributed by atoms with Crippen molar-refractivity contribution in [3.8, 4) is 0 Å². The number of methoxy groups -OCH3 is 1. The third-order valence-corrected chi connectivity index (χ3v) is 7.22. The summed E-state index contributed by atoms with van der Waals surface area (Å²) in [6, 6.07) is 13.8. The molecule has 0 radical (unpaired) electrons. The fourth-order valence-corrected chi connectivity index (χ4v) is 5.03. The topological polar surface area (TPSA) is 89.7 Å². The van der Waals surface area contributed by atoms with Crippen molar-refractivity contribution in [3.63, 3.8) is 0 Å². The van der Waals surface area contributed by atoms with Gasteiger partial charge in [0.1, 0.15) is 22.0 Å². The van der Waals surface area contributed by atoms with Gasteiger partial charge in [0.25, 0.3) is 10.0 Å². The Morgan fingerprint density at radius 2 is 1.93 bits per heavy atom. The first-order valence-electron chi connectivity index (χ1n) is 9.21. The lowest BCUT2D eigenvalue weighted by atomic mass is 10.2. The first-order valence-corrected chi connectivity index (χ1v) is 11.6. The minimum atomic E-state index is -3.71. The third-order valence-electron chi connectivity index (χ3n) is 4.37. The van der Waals surface area contributed by atoms with Gasteiger partial charge >= 0.3 is 5.97 Å². The molecule has 3 rings (SSSR count). The number of rotatable bonds is 8. The van der Waals surface area contributed by atoms with E-state index in [1.807, 2.05) is 6.07 Å². The third kappa shape index (κ3) is 4.68. The molecule has 0 aliphatic heterocycles. The maximum Gasteiger partial charge on any atom is 0.341 e. The number of aryl methyl sites for hydroxylation is 1. The van der Waals surface area contributed by atoms with E-state index < -0.39 is 16.0 Å². The Hall–Kier alpha value is -2.78. The van der Waals surface area contributed by atoms with E-state index in [1.165, 1.54) is 29.4 Å². The highest BCUT2D eigenvalue weighted by atomic mass is 32.2. The number of furan rings is 1. The monoisotopic (exact) mass is 446 g/mol. The number of pyridine rings is 1. The molecule has 7 nitrogen and oxygen atoms in total. The van der Waals surface area contributed by atoms with Crippen molar-refractivity contribution in [1.82, 2.24) is 4.98 Å². The number of para-hydroxylation sites is 1. The highest BCUT2D eigenvalue weighted by molar-refractivity contribution is 7.98. The number of benzene rings is 1. The molecule has 0 aliphatic rings. The number of nitrogens with zero attached hydrogens (tertiary/aromatic N) is 2. The number of carbonyl (C=O) groups excluding carboxylic acids is 1. The van der Waals surface area contributed by atoms with Gasteiger partial charge in [-0.15, -0.1) is 0 Å². The smallest absolute Gasteiger partial charge is 0.341 e. The summed E-state index contributed by atoms with van der Waals surface area (Å²) in [6.45, 7) is 3.80. The largest absolute Gasteiger partial charge is 0.465 e. The van der Waals surface area contributed by atoms with Crippen LogP contribution in [0, 0.1) is 6.92 Å². The molecule has 9 heteroatoms. The van der Waals surface area contributed by atoms with Crippen LogP contribution >= 0.6 is 11.8 Å². The van der Waals surface area contributed by atoms with Gasteiger partial charge in [-0.25, -0.2) is 18.2 Å². The average molecular weight is 447 g/mol. The quantitative estimate of drug-likeness (QED) is 0.377. The van der Waals surface area contributed by atoms with Crippen molar-refractivity contribution in [2.75, 3.05) is 18.0 Å². The molecular weight excluding hydrogens is 424 g/mol. The summed E-state index contributed by atoms with van der Waals surface area (Å²) in [6.07, 6.45) is 1.36. The molecule has 0 unspecified atom stereocenters. The minimum Gasteiger partial charge on any atom is -0.465 e. The minimum absolute atomic E-state index is 0.124. The van der Waals surface area contributed by atoms with Gasteiger partial charge in [0, 0.05) is 12.7 Å². The number of anilines is 1. The molecule has 0 amide bonds. The van der Waals surface area contributed by atoms with Crippen LogP contribution in [-0.4, -0.2) is 33.0 Å². The molecular formula is C21H22N2O5S2. The lowest BCUT2D eigenvalue weighted by Gasteiger charge is -2.22. The van der Waals surface area contributed by atoms with E-state index in [2.05, 4.69) is 4.98 Å². The average Bonchev–Trinajstić information content (AvgIpc) is 3.13. The van der Waals surface area contributed by atoms with Crippen LogP contribution in [0.4, 0.5) is 5.69 Å². The number of hydrogen-bond acceptors (Lipinski definition) is 7.